The minimum atomic E-state index is 0.189. The summed E-state index contributed by atoms with van der Waals surface area (Å²) in [6.07, 6.45) is 0. The van der Waals surface area contributed by atoms with E-state index >= 15 is 0 Å². The Bertz CT molecular complexity index is 2640. The van der Waals surface area contributed by atoms with Gasteiger partial charge in [-0.25, -0.2) is 15.0 Å². The molecule has 0 saturated heterocycles. The highest BCUT2D eigenvalue weighted by Gasteiger charge is 2.31. The number of rotatable bonds is 5. The molecule has 0 saturated carbocycles. The quantitative estimate of drug-likeness (QED) is 0.188. The third kappa shape index (κ3) is 4.57. The standard InChI is InChI=1S/C46H29N3O/c1-4-14-29(15-5-1)41-34-20-10-11-21-35(34)42-33(22-12-23-36(41)42)32-26-27-39-38(28-32)43-37(24-13-25-40(43)50-39)46-48-44(30-16-6-2-7-17-30)47-45(49-46)31-18-8-3-9-19-31/h1-28,41H. The lowest BCUT2D eigenvalue weighted by Gasteiger charge is -2.15. The molecule has 4 heteroatoms. The largest absolute Gasteiger partial charge is 0.456 e. The minimum Gasteiger partial charge on any atom is -0.456 e. The Kier molecular flexibility index (Phi) is 6.53. The molecule has 0 amide bonds. The van der Waals surface area contributed by atoms with Crippen LogP contribution in [0.3, 0.4) is 0 Å². The topological polar surface area (TPSA) is 51.8 Å². The Balaban J connectivity index is 1.18. The first kappa shape index (κ1) is 28.4. The highest BCUT2D eigenvalue weighted by molar-refractivity contribution is 6.13. The van der Waals surface area contributed by atoms with E-state index in [1.165, 1.54) is 33.4 Å². The van der Waals surface area contributed by atoms with Crippen molar-refractivity contribution in [2.24, 2.45) is 0 Å². The summed E-state index contributed by atoms with van der Waals surface area (Å²) in [5.41, 5.74) is 13.3. The van der Waals surface area contributed by atoms with Crippen LogP contribution in [0.2, 0.25) is 0 Å². The Hall–Kier alpha value is -6.65. The molecule has 4 nitrogen and oxygen atoms in total. The molecule has 10 rings (SSSR count). The van der Waals surface area contributed by atoms with Crippen molar-refractivity contribution in [1.29, 1.82) is 0 Å². The minimum absolute atomic E-state index is 0.189. The summed E-state index contributed by atoms with van der Waals surface area (Å²) in [4.78, 5) is 15.0. The highest BCUT2D eigenvalue weighted by atomic mass is 16.3. The molecular weight excluding hydrogens is 611 g/mol. The van der Waals surface area contributed by atoms with Crippen molar-refractivity contribution in [3.8, 4) is 56.4 Å². The number of fused-ring (bicyclic) bond motifs is 6. The van der Waals surface area contributed by atoms with Crippen LogP contribution in [0.4, 0.5) is 0 Å². The van der Waals surface area contributed by atoms with Crippen molar-refractivity contribution in [3.05, 3.63) is 187 Å². The molecular formula is C46H29N3O. The van der Waals surface area contributed by atoms with Gasteiger partial charge in [-0.1, -0.05) is 152 Å². The Morgan fingerprint density at radius 3 is 1.72 bits per heavy atom. The lowest BCUT2D eigenvalue weighted by atomic mass is 9.88. The predicted molar refractivity (Wildman–Crippen MR) is 202 cm³/mol. The molecule has 2 aromatic heterocycles. The SMILES string of the molecule is c1ccc(-c2nc(-c3ccccc3)nc(-c3cccc4oc5ccc(-c6cccc7c6-c6ccccc6C7c6ccccc6)cc5c34)n2)cc1. The molecule has 0 spiro atoms. The van der Waals surface area contributed by atoms with E-state index in [1.54, 1.807) is 0 Å². The lowest BCUT2D eigenvalue weighted by molar-refractivity contribution is 0.669. The van der Waals surface area contributed by atoms with Crippen LogP contribution in [0, 0.1) is 0 Å². The predicted octanol–water partition coefficient (Wildman–Crippen LogP) is 11.6. The summed E-state index contributed by atoms with van der Waals surface area (Å²) < 4.78 is 6.49. The van der Waals surface area contributed by atoms with Gasteiger partial charge >= 0.3 is 0 Å². The molecule has 0 fully saturated rings. The molecule has 0 bridgehead atoms. The maximum absolute atomic E-state index is 6.49. The highest BCUT2D eigenvalue weighted by Crippen LogP contribution is 2.52. The van der Waals surface area contributed by atoms with E-state index in [2.05, 4.69) is 97.1 Å². The van der Waals surface area contributed by atoms with Gasteiger partial charge in [-0.15, -0.1) is 0 Å². The Morgan fingerprint density at radius 1 is 0.400 bits per heavy atom. The van der Waals surface area contributed by atoms with Gasteiger partial charge in [-0.3, -0.25) is 0 Å². The molecule has 2 heterocycles. The lowest BCUT2D eigenvalue weighted by Crippen LogP contribution is -2.00. The fourth-order valence-corrected chi connectivity index (χ4v) is 7.61. The molecule has 1 aliphatic rings. The van der Waals surface area contributed by atoms with E-state index in [-0.39, 0.29) is 5.92 Å². The van der Waals surface area contributed by atoms with Gasteiger partial charge in [0.15, 0.2) is 17.5 Å². The zero-order valence-electron chi connectivity index (χ0n) is 27.0. The van der Waals surface area contributed by atoms with Gasteiger partial charge in [-0.05, 0) is 57.1 Å². The monoisotopic (exact) mass is 639 g/mol. The third-order valence-electron chi connectivity index (χ3n) is 9.83. The second-order valence-electron chi connectivity index (χ2n) is 12.7. The summed E-state index contributed by atoms with van der Waals surface area (Å²) in [5.74, 6) is 2.06. The molecule has 0 N–H and O–H groups in total. The summed E-state index contributed by atoms with van der Waals surface area (Å²) in [6.45, 7) is 0. The molecule has 234 valence electrons. The fourth-order valence-electron chi connectivity index (χ4n) is 7.61. The Labute approximate surface area is 289 Å². The average molecular weight is 640 g/mol. The molecule has 1 aliphatic carbocycles. The summed E-state index contributed by atoms with van der Waals surface area (Å²) in [6, 6.07) is 59.2. The van der Waals surface area contributed by atoms with Crippen molar-refractivity contribution in [1.82, 2.24) is 15.0 Å². The maximum atomic E-state index is 6.49. The molecule has 0 radical (unpaired) electrons. The first-order chi connectivity index (χ1) is 24.8. The van der Waals surface area contributed by atoms with Gasteiger partial charge in [0.25, 0.3) is 0 Å². The molecule has 0 aliphatic heterocycles. The van der Waals surface area contributed by atoms with E-state index in [1.807, 2.05) is 72.8 Å². The van der Waals surface area contributed by atoms with Gasteiger partial charge in [-0.2, -0.15) is 0 Å². The van der Waals surface area contributed by atoms with Crippen LogP contribution in [0.5, 0.6) is 0 Å². The summed E-state index contributed by atoms with van der Waals surface area (Å²) >= 11 is 0. The average Bonchev–Trinajstić information content (AvgIpc) is 3.74. The third-order valence-corrected chi connectivity index (χ3v) is 9.83. The summed E-state index contributed by atoms with van der Waals surface area (Å²) in [5, 5.41) is 2.02. The van der Waals surface area contributed by atoms with Gasteiger partial charge in [0.05, 0.1) is 0 Å². The number of hydrogen-bond donors (Lipinski definition) is 0. The van der Waals surface area contributed by atoms with Crippen LogP contribution in [-0.4, -0.2) is 15.0 Å². The van der Waals surface area contributed by atoms with E-state index in [4.69, 9.17) is 19.4 Å². The fraction of sp³-hybridized carbons (Fsp3) is 0.0217. The molecule has 1 unspecified atom stereocenters. The van der Waals surface area contributed by atoms with Crippen LogP contribution < -0.4 is 0 Å². The first-order valence-corrected chi connectivity index (χ1v) is 16.9. The number of hydrogen-bond acceptors (Lipinski definition) is 4. The van der Waals surface area contributed by atoms with E-state index in [9.17, 15) is 0 Å². The van der Waals surface area contributed by atoms with E-state index in [0.717, 1.165) is 44.2 Å². The van der Waals surface area contributed by atoms with Crippen LogP contribution >= 0.6 is 0 Å². The van der Waals surface area contributed by atoms with Crippen molar-refractivity contribution in [3.63, 3.8) is 0 Å². The number of aromatic nitrogens is 3. The molecule has 50 heavy (non-hydrogen) atoms. The molecule has 7 aromatic carbocycles. The van der Waals surface area contributed by atoms with Crippen molar-refractivity contribution in [2.45, 2.75) is 5.92 Å². The Morgan fingerprint density at radius 2 is 0.980 bits per heavy atom. The molecule has 9 aromatic rings. The van der Waals surface area contributed by atoms with Gasteiger partial charge in [0.2, 0.25) is 0 Å². The summed E-state index contributed by atoms with van der Waals surface area (Å²) in [7, 11) is 0. The van der Waals surface area contributed by atoms with Crippen molar-refractivity contribution in [2.75, 3.05) is 0 Å². The van der Waals surface area contributed by atoms with Gasteiger partial charge in [0.1, 0.15) is 11.2 Å². The van der Waals surface area contributed by atoms with Gasteiger partial charge in [0, 0.05) is 33.4 Å². The second-order valence-corrected chi connectivity index (χ2v) is 12.7. The second kappa shape index (κ2) is 11.5. The van der Waals surface area contributed by atoms with Gasteiger partial charge < -0.3 is 4.42 Å². The van der Waals surface area contributed by atoms with Crippen LogP contribution in [-0.2, 0) is 0 Å². The molecule has 1 atom stereocenters. The van der Waals surface area contributed by atoms with Crippen molar-refractivity contribution >= 4 is 21.9 Å². The van der Waals surface area contributed by atoms with E-state index < -0.39 is 0 Å². The normalized spacial score (nSPS) is 13.4. The van der Waals surface area contributed by atoms with Crippen LogP contribution in [0.25, 0.3) is 78.4 Å². The first-order valence-electron chi connectivity index (χ1n) is 16.9. The smallest absolute Gasteiger partial charge is 0.164 e. The zero-order chi connectivity index (χ0) is 33.0. The van der Waals surface area contributed by atoms with E-state index in [0.29, 0.717) is 17.5 Å². The number of nitrogens with zero attached hydrogens (tertiary/aromatic N) is 3. The van der Waals surface area contributed by atoms with Crippen LogP contribution in [0.15, 0.2) is 174 Å². The van der Waals surface area contributed by atoms with Crippen LogP contribution in [0.1, 0.15) is 22.6 Å². The number of benzene rings is 7. The maximum Gasteiger partial charge on any atom is 0.164 e. The number of furan rings is 1. The van der Waals surface area contributed by atoms with Crippen molar-refractivity contribution < 1.29 is 4.42 Å². The zero-order valence-corrected chi connectivity index (χ0v) is 27.0.